The Balaban J connectivity index is 5.03. The molecule has 89 heavy (non-hydrogen) atoms. The number of phosphoric acid groups is 1. The number of likely N-dealkylation sites (N-methyl/N-ethyl adjacent to an activating group) is 1. The Bertz CT molecular complexity index is 1800. The first-order valence-electron chi connectivity index (χ1n) is 37.9. The number of unbranched alkanes of at least 4 members (excludes halogenated alkanes) is 41. The number of ether oxygens (including phenoxy) is 1. The van der Waals surface area contributed by atoms with Gasteiger partial charge in [-0.3, -0.25) is 14.2 Å². The number of hydrogen-bond acceptors (Lipinski definition) is 7. The molecule has 0 aliphatic heterocycles. The minimum atomic E-state index is -4.71. The largest absolute Gasteiger partial charge is 0.756 e. The third-order valence-corrected chi connectivity index (χ3v) is 17.8. The second-order valence-corrected chi connectivity index (χ2v) is 28.2. The summed E-state index contributed by atoms with van der Waals surface area (Å²) in [7, 11) is 1.18. The zero-order valence-corrected chi connectivity index (χ0v) is 60.3. The Labute approximate surface area is 552 Å². The van der Waals surface area contributed by atoms with Crippen molar-refractivity contribution < 1.29 is 37.3 Å². The van der Waals surface area contributed by atoms with Crippen LogP contribution in [0.25, 0.3) is 0 Å². The monoisotopic (exact) mass is 1270 g/mol. The standard InChI is InChI=1S/C79H145N2O7P/c1-7-10-13-16-19-22-25-28-30-32-34-36-38-39-40-41-43-45-47-49-51-54-57-60-63-66-69-72-79(83)88-77(70-67-64-61-58-55-52-27-24-21-18-15-12-9-3)76(75-87-89(84,85)86-74-73-81(4,5)6)80-78(82)71-68-65-62-59-56-53-50-48-46-44-42-37-35-33-31-29-26-23-20-17-14-11-8-2/h11,14,20,23,28-31,35,37,44,46,67,70,76-77H,7-10,12-13,15-19,21-22,24-27,32-34,36,38-43,45,47-66,68-69,71-75H2,1-6H3,(H-,80,82,84,85)/b14-11-,23-20-,30-28+,31-29-,37-35-,46-44-,70-67+. The predicted molar refractivity (Wildman–Crippen MR) is 385 cm³/mol. The van der Waals surface area contributed by atoms with Gasteiger partial charge in [0.2, 0.25) is 5.91 Å². The molecule has 0 aliphatic carbocycles. The summed E-state index contributed by atoms with van der Waals surface area (Å²) in [6, 6.07) is -0.899. The molecule has 0 spiro atoms. The Kier molecular flexibility index (Phi) is 65.9. The van der Waals surface area contributed by atoms with E-state index in [9.17, 15) is 19.0 Å². The molecule has 1 N–H and O–H groups in total. The van der Waals surface area contributed by atoms with Gasteiger partial charge in [-0.1, -0.05) is 324 Å². The van der Waals surface area contributed by atoms with E-state index >= 15 is 0 Å². The molecule has 0 aromatic heterocycles. The summed E-state index contributed by atoms with van der Waals surface area (Å²) in [5, 5.41) is 3.05. The van der Waals surface area contributed by atoms with E-state index in [-0.39, 0.29) is 24.9 Å². The molecule has 0 aromatic carbocycles. The maximum absolute atomic E-state index is 13.6. The van der Waals surface area contributed by atoms with Gasteiger partial charge in [0.1, 0.15) is 19.3 Å². The van der Waals surface area contributed by atoms with Gasteiger partial charge in [-0.2, -0.15) is 0 Å². The minimum Gasteiger partial charge on any atom is -0.756 e. The van der Waals surface area contributed by atoms with Crippen LogP contribution in [0.5, 0.6) is 0 Å². The molecule has 0 radical (unpaired) electrons. The van der Waals surface area contributed by atoms with Crippen molar-refractivity contribution in [3.05, 3.63) is 85.1 Å². The highest BCUT2D eigenvalue weighted by atomic mass is 31.2. The molecule has 9 nitrogen and oxygen atoms in total. The SMILES string of the molecule is CC/C=C\C/C=C\C/C=C\C/C=C\C/C=C\CCCCCCCCCC(=O)NC(COP(=O)([O-])OCC[N+](C)(C)C)C(/C=C/CCCCCCCCCCCCC)OC(=O)CCCCCCCCCCCCCCCCCCC/C=C/CCCCCCCC. The van der Waals surface area contributed by atoms with Crippen LogP contribution in [0.3, 0.4) is 0 Å². The first-order chi connectivity index (χ1) is 43.4. The van der Waals surface area contributed by atoms with Crippen molar-refractivity contribution in [2.75, 3.05) is 40.9 Å². The third kappa shape index (κ3) is 69.4. The molecule has 1 amide bonds. The van der Waals surface area contributed by atoms with Crippen molar-refractivity contribution in [2.24, 2.45) is 0 Å². The zero-order valence-electron chi connectivity index (χ0n) is 59.4. The molecule has 3 atom stereocenters. The summed E-state index contributed by atoms with van der Waals surface area (Å²) in [4.78, 5) is 40.3. The van der Waals surface area contributed by atoms with E-state index in [0.717, 1.165) is 103 Å². The van der Waals surface area contributed by atoms with Crippen molar-refractivity contribution in [1.82, 2.24) is 5.32 Å². The molecule has 10 heteroatoms. The Morgan fingerprint density at radius 3 is 1.09 bits per heavy atom. The fourth-order valence-electron chi connectivity index (χ4n) is 11.0. The van der Waals surface area contributed by atoms with Crippen LogP contribution in [0.4, 0.5) is 0 Å². The van der Waals surface area contributed by atoms with Gasteiger partial charge >= 0.3 is 5.97 Å². The van der Waals surface area contributed by atoms with E-state index in [2.05, 4.69) is 99.0 Å². The van der Waals surface area contributed by atoms with Gasteiger partial charge in [-0.05, 0) is 102 Å². The summed E-state index contributed by atoms with van der Waals surface area (Å²) in [6.07, 6.45) is 91.5. The highest BCUT2D eigenvalue weighted by Gasteiger charge is 2.27. The summed E-state index contributed by atoms with van der Waals surface area (Å²) >= 11 is 0. The number of carbonyl (C=O) groups is 2. The highest BCUT2D eigenvalue weighted by molar-refractivity contribution is 7.45. The Morgan fingerprint density at radius 2 is 0.719 bits per heavy atom. The first kappa shape index (κ1) is 86.2. The smallest absolute Gasteiger partial charge is 0.306 e. The summed E-state index contributed by atoms with van der Waals surface area (Å²) < 4.78 is 30.5. The van der Waals surface area contributed by atoms with E-state index in [1.807, 2.05) is 33.3 Å². The van der Waals surface area contributed by atoms with E-state index < -0.39 is 26.6 Å². The number of quaternary nitrogens is 1. The molecule has 0 bridgehead atoms. The van der Waals surface area contributed by atoms with Gasteiger partial charge in [-0.25, -0.2) is 0 Å². The summed E-state index contributed by atoms with van der Waals surface area (Å²) in [5.41, 5.74) is 0. The lowest BCUT2D eigenvalue weighted by Crippen LogP contribution is -2.47. The Morgan fingerprint density at radius 1 is 0.404 bits per heavy atom. The number of allylic oxidation sites excluding steroid dienone is 13. The topological polar surface area (TPSA) is 114 Å². The maximum atomic E-state index is 13.6. The van der Waals surface area contributed by atoms with Crippen LogP contribution in [0, 0.1) is 0 Å². The van der Waals surface area contributed by atoms with E-state index in [1.165, 1.54) is 218 Å². The number of hydrogen-bond donors (Lipinski definition) is 1. The van der Waals surface area contributed by atoms with Crippen molar-refractivity contribution in [1.29, 1.82) is 0 Å². The fourth-order valence-corrected chi connectivity index (χ4v) is 11.7. The lowest BCUT2D eigenvalue weighted by atomic mass is 10.0. The molecule has 0 fully saturated rings. The van der Waals surface area contributed by atoms with Crippen LogP contribution in [-0.4, -0.2) is 69.4 Å². The van der Waals surface area contributed by atoms with Gasteiger partial charge in [0, 0.05) is 12.8 Å². The zero-order chi connectivity index (χ0) is 64.9. The van der Waals surface area contributed by atoms with Crippen LogP contribution in [0.15, 0.2) is 85.1 Å². The average molecular weight is 1270 g/mol. The van der Waals surface area contributed by atoms with Crippen molar-refractivity contribution in [3.63, 3.8) is 0 Å². The maximum Gasteiger partial charge on any atom is 0.306 e. The van der Waals surface area contributed by atoms with Gasteiger partial charge < -0.3 is 28.5 Å². The van der Waals surface area contributed by atoms with Crippen LogP contribution >= 0.6 is 7.82 Å². The van der Waals surface area contributed by atoms with Crippen LogP contribution in [-0.2, 0) is 27.9 Å². The van der Waals surface area contributed by atoms with Gasteiger partial charge in [-0.15, -0.1) is 0 Å². The molecule has 0 rings (SSSR count). The molecule has 3 unspecified atom stereocenters. The third-order valence-electron chi connectivity index (χ3n) is 16.8. The second kappa shape index (κ2) is 68.1. The Hall–Kier alpha value is -2.81. The van der Waals surface area contributed by atoms with Gasteiger partial charge in [0.05, 0.1) is 33.8 Å². The summed E-state index contributed by atoms with van der Waals surface area (Å²) in [5.74, 6) is -0.542. The van der Waals surface area contributed by atoms with E-state index in [1.54, 1.807) is 0 Å². The van der Waals surface area contributed by atoms with Gasteiger partial charge in [0.15, 0.2) is 0 Å². The number of amides is 1. The van der Waals surface area contributed by atoms with Crippen molar-refractivity contribution >= 4 is 19.7 Å². The normalized spacial score (nSPS) is 13.9. The second-order valence-electron chi connectivity index (χ2n) is 26.8. The number of nitrogens with one attached hydrogen (secondary N) is 1. The average Bonchev–Trinajstić information content (AvgIpc) is 3.64. The van der Waals surface area contributed by atoms with Gasteiger partial charge in [0.25, 0.3) is 7.82 Å². The number of nitrogens with zero attached hydrogens (tertiary/aromatic N) is 1. The number of carbonyl (C=O) groups excluding carboxylic acids is 2. The van der Waals surface area contributed by atoms with Crippen molar-refractivity contribution in [3.8, 4) is 0 Å². The van der Waals surface area contributed by atoms with E-state index in [0.29, 0.717) is 17.4 Å². The molecule has 518 valence electrons. The molecule has 0 heterocycles. The molecular weight excluding hydrogens is 1120 g/mol. The molecular formula is C79H145N2O7P. The van der Waals surface area contributed by atoms with Crippen LogP contribution < -0.4 is 10.2 Å². The molecule has 0 aliphatic rings. The summed E-state index contributed by atoms with van der Waals surface area (Å²) in [6.45, 7) is 6.76. The highest BCUT2D eigenvalue weighted by Crippen LogP contribution is 2.38. The minimum absolute atomic E-state index is 0.0264. The lowest BCUT2D eigenvalue weighted by Gasteiger charge is -2.30. The van der Waals surface area contributed by atoms with E-state index in [4.69, 9.17) is 13.8 Å². The molecule has 0 saturated heterocycles. The number of rotatable bonds is 69. The first-order valence-corrected chi connectivity index (χ1v) is 39.4. The number of phosphoric ester groups is 1. The quantitative estimate of drug-likeness (QED) is 0.0212. The van der Waals surface area contributed by atoms with Crippen LogP contribution in [0.2, 0.25) is 0 Å². The van der Waals surface area contributed by atoms with Crippen molar-refractivity contribution in [2.45, 2.75) is 367 Å². The lowest BCUT2D eigenvalue weighted by molar-refractivity contribution is -0.870. The predicted octanol–water partition coefficient (Wildman–Crippen LogP) is 23.8. The van der Waals surface area contributed by atoms with Crippen LogP contribution in [0.1, 0.15) is 355 Å². The fraction of sp³-hybridized carbons (Fsp3) is 0.797. The molecule has 0 saturated carbocycles. The molecule has 0 aromatic rings. The number of esters is 1.